The zero-order chi connectivity index (χ0) is 23.5. The topological polar surface area (TPSA) is 88.7 Å². The Bertz CT molecular complexity index is 914. The number of rotatable bonds is 9. The van der Waals surface area contributed by atoms with Gasteiger partial charge in [-0.15, -0.1) is 0 Å². The monoisotopic (exact) mass is 457 g/mol. The second-order valence-corrected chi connectivity index (χ2v) is 8.44. The van der Waals surface area contributed by atoms with E-state index < -0.39 is 11.8 Å². The average molecular weight is 458 g/mol. The van der Waals surface area contributed by atoms with E-state index in [9.17, 15) is 9.59 Å². The predicted octanol–water partition coefficient (Wildman–Crippen LogP) is 3.95. The van der Waals surface area contributed by atoms with Gasteiger partial charge in [-0.2, -0.15) is 0 Å². The molecule has 0 saturated heterocycles. The van der Waals surface area contributed by atoms with E-state index in [1.807, 2.05) is 24.3 Å². The molecular formula is C24H31N3O4S. The fourth-order valence-corrected chi connectivity index (χ4v) is 2.75. The Morgan fingerprint density at radius 2 is 1.66 bits per heavy atom. The van der Waals surface area contributed by atoms with Crippen molar-refractivity contribution in [2.45, 2.75) is 40.0 Å². The van der Waals surface area contributed by atoms with Gasteiger partial charge in [-0.3, -0.25) is 25.8 Å². The lowest BCUT2D eigenvalue weighted by Gasteiger charge is -2.12. The van der Waals surface area contributed by atoms with Crippen LogP contribution in [-0.2, 0) is 4.79 Å². The highest BCUT2D eigenvalue weighted by Crippen LogP contribution is 2.18. The van der Waals surface area contributed by atoms with E-state index in [1.165, 1.54) is 5.56 Å². The fraction of sp³-hybridized carbons (Fsp3) is 0.375. The zero-order valence-electron chi connectivity index (χ0n) is 18.9. The highest BCUT2D eigenvalue weighted by molar-refractivity contribution is 7.80. The molecule has 2 amide bonds. The van der Waals surface area contributed by atoms with Gasteiger partial charge >= 0.3 is 0 Å². The summed E-state index contributed by atoms with van der Waals surface area (Å²) in [5.41, 5.74) is 6.48. The molecule has 8 heteroatoms. The zero-order valence-corrected chi connectivity index (χ0v) is 19.8. The maximum atomic E-state index is 12.4. The Kier molecular flexibility index (Phi) is 9.94. The van der Waals surface area contributed by atoms with Crippen molar-refractivity contribution < 1.29 is 19.1 Å². The molecule has 2 rings (SSSR count). The third kappa shape index (κ3) is 8.93. The second kappa shape index (κ2) is 12.7. The van der Waals surface area contributed by atoms with Crippen LogP contribution in [0.15, 0.2) is 48.5 Å². The van der Waals surface area contributed by atoms with E-state index in [0.29, 0.717) is 35.5 Å². The number of carbonyl (C=O) groups excluding carboxylic acids is 2. The van der Waals surface area contributed by atoms with Crippen LogP contribution in [-0.4, -0.2) is 30.1 Å². The summed E-state index contributed by atoms with van der Waals surface area (Å²) < 4.78 is 11.1. The van der Waals surface area contributed by atoms with E-state index in [0.717, 1.165) is 6.42 Å². The summed E-state index contributed by atoms with van der Waals surface area (Å²) in [7, 11) is 0. The summed E-state index contributed by atoms with van der Waals surface area (Å²) in [6.07, 6.45) is 0.928. The van der Waals surface area contributed by atoms with Crippen molar-refractivity contribution in [1.29, 1.82) is 0 Å². The summed E-state index contributed by atoms with van der Waals surface area (Å²) in [5, 5.41) is 2.48. The summed E-state index contributed by atoms with van der Waals surface area (Å²) in [6, 6.07) is 14.4. The Hall–Kier alpha value is -3.13. The molecule has 0 radical (unpaired) electrons. The highest BCUT2D eigenvalue weighted by atomic mass is 32.1. The van der Waals surface area contributed by atoms with Gasteiger partial charge in [-0.05, 0) is 66.4 Å². The van der Waals surface area contributed by atoms with E-state index in [1.54, 1.807) is 24.3 Å². The second-order valence-electron chi connectivity index (χ2n) is 8.03. The summed E-state index contributed by atoms with van der Waals surface area (Å²) in [5.74, 6) is 1.33. The lowest BCUT2D eigenvalue weighted by Crippen LogP contribution is -2.49. The molecule has 0 aliphatic rings. The van der Waals surface area contributed by atoms with Gasteiger partial charge in [0.15, 0.2) is 11.7 Å². The molecule has 172 valence electrons. The smallest absolute Gasteiger partial charge is 0.276 e. The Morgan fingerprint density at radius 3 is 2.31 bits per heavy atom. The van der Waals surface area contributed by atoms with Crippen LogP contribution >= 0.6 is 12.2 Å². The SMILES string of the molecule is CC(C)CCOc1cccc(C(=O)NC(=S)NNC(=O)COc2ccc(C(C)C)cc2)c1. The third-order valence-electron chi connectivity index (χ3n) is 4.52. The standard InChI is InChI=1S/C24H31N3O4S/c1-16(2)12-13-30-21-7-5-6-19(14-21)23(29)25-24(32)27-26-22(28)15-31-20-10-8-18(9-11-20)17(3)4/h5-11,14,16-17H,12-13,15H2,1-4H3,(H,26,28)(H2,25,27,29,32). The van der Waals surface area contributed by atoms with Gasteiger partial charge in [0.1, 0.15) is 11.5 Å². The van der Waals surface area contributed by atoms with Gasteiger partial charge in [0.05, 0.1) is 6.61 Å². The van der Waals surface area contributed by atoms with E-state index in [-0.39, 0.29) is 11.7 Å². The molecule has 0 fully saturated rings. The molecule has 0 spiro atoms. The molecule has 32 heavy (non-hydrogen) atoms. The van der Waals surface area contributed by atoms with Crippen LogP contribution in [0.5, 0.6) is 11.5 Å². The first-order valence-corrected chi connectivity index (χ1v) is 11.0. The van der Waals surface area contributed by atoms with Crippen LogP contribution in [0.1, 0.15) is 56.0 Å². The molecule has 2 aromatic carbocycles. The largest absolute Gasteiger partial charge is 0.494 e. The molecule has 0 atom stereocenters. The van der Waals surface area contributed by atoms with Crippen molar-refractivity contribution in [2.75, 3.05) is 13.2 Å². The van der Waals surface area contributed by atoms with Crippen molar-refractivity contribution in [3.05, 3.63) is 59.7 Å². The fourth-order valence-electron chi connectivity index (χ4n) is 2.61. The van der Waals surface area contributed by atoms with Gasteiger partial charge in [-0.1, -0.05) is 45.9 Å². The molecule has 7 nitrogen and oxygen atoms in total. The number of thiocarbonyl (C=S) groups is 1. The quantitative estimate of drug-likeness (QED) is 0.390. The molecule has 0 unspecified atom stereocenters. The first-order valence-electron chi connectivity index (χ1n) is 10.6. The molecule has 0 heterocycles. The van der Waals surface area contributed by atoms with Crippen LogP contribution in [0, 0.1) is 5.92 Å². The minimum atomic E-state index is -0.435. The van der Waals surface area contributed by atoms with E-state index >= 15 is 0 Å². The molecular weight excluding hydrogens is 426 g/mol. The van der Waals surface area contributed by atoms with Crippen molar-refractivity contribution >= 4 is 29.1 Å². The predicted molar refractivity (Wildman–Crippen MR) is 129 cm³/mol. The number of hydrazine groups is 1. The van der Waals surface area contributed by atoms with Crippen LogP contribution < -0.4 is 25.6 Å². The van der Waals surface area contributed by atoms with Gasteiger partial charge in [0.2, 0.25) is 0 Å². The highest BCUT2D eigenvalue weighted by Gasteiger charge is 2.10. The van der Waals surface area contributed by atoms with Crippen molar-refractivity contribution in [3.63, 3.8) is 0 Å². The van der Waals surface area contributed by atoms with E-state index in [2.05, 4.69) is 43.9 Å². The van der Waals surface area contributed by atoms with Gasteiger partial charge in [0, 0.05) is 5.56 Å². The third-order valence-corrected chi connectivity index (χ3v) is 4.72. The first-order chi connectivity index (χ1) is 15.2. The number of benzene rings is 2. The van der Waals surface area contributed by atoms with Crippen LogP contribution in [0.3, 0.4) is 0 Å². The number of carbonyl (C=O) groups is 2. The molecule has 0 aliphatic heterocycles. The normalized spacial score (nSPS) is 10.6. The molecule has 0 bridgehead atoms. The molecule has 2 aromatic rings. The summed E-state index contributed by atoms with van der Waals surface area (Å²) >= 11 is 5.07. The van der Waals surface area contributed by atoms with Gasteiger partial charge < -0.3 is 9.47 Å². The van der Waals surface area contributed by atoms with Gasteiger partial charge in [-0.25, -0.2) is 0 Å². The number of nitrogens with one attached hydrogen (secondary N) is 3. The Balaban J connectivity index is 1.73. The number of hydrogen-bond donors (Lipinski definition) is 3. The van der Waals surface area contributed by atoms with Gasteiger partial charge in [0.25, 0.3) is 11.8 Å². The van der Waals surface area contributed by atoms with Crippen LogP contribution in [0.4, 0.5) is 0 Å². The van der Waals surface area contributed by atoms with E-state index in [4.69, 9.17) is 21.7 Å². The van der Waals surface area contributed by atoms with Crippen LogP contribution in [0.25, 0.3) is 0 Å². The molecule has 3 N–H and O–H groups in total. The van der Waals surface area contributed by atoms with Crippen molar-refractivity contribution in [1.82, 2.24) is 16.2 Å². The molecule has 0 aliphatic carbocycles. The minimum absolute atomic E-state index is 0.0317. The maximum Gasteiger partial charge on any atom is 0.276 e. The molecule has 0 saturated carbocycles. The number of hydrogen-bond acceptors (Lipinski definition) is 5. The Labute approximate surface area is 194 Å². The Morgan fingerprint density at radius 1 is 0.938 bits per heavy atom. The average Bonchev–Trinajstić information content (AvgIpc) is 2.76. The lowest BCUT2D eigenvalue weighted by molar-refractivity contribution is -0.123. The van der Waals surface area contributed by atoms with Crippen molar-refractivity contribution in [3.8, 4) is 11.5 Å². The summed E-state index contributed by atoms with van der Waals surface area (Å²) in [6.45, 7) is 8.84. The van der Waals surface area contributed by atoms with Crippen molar-refractivity contribution in [2.24, 2.45) is 5.92 Å². The maximum absolute atomic E-state index is 12.4. The first kappa shape index (κ1) is 25.1. The number of amides is 2. The minimum Gasteiger partial charge on any atom is -0.494 e. The molecule has 0 aromatic heterocycles. The number of ether oxygens (including phenoxy) is 2. The lowest BCUT2D eigenvalue weighted by atomic mass is 10.0. The summed E-state index contributed by atoms with van der Waals surface area (Å²) in [4.78, 5) is 24.3. The van der Waals surface area contributed by atoms with Crippen LogP contribution in [0.2, 0.25) is 0 Å².